The number of rotatable bonds is 4. The van der Waals surface area contributed by atoms with Crippen molar-refractivity contribution in [3.8, 4) is 0 Å². The van der Waals surface area contributed by atoms with Crippen LogP contribution in [0.2, 0.25) is 0 Å². The lowest BCUT2D eigenvalue weighted by Gasteiger charge is -2.34. The van der Waals surface area contributed by atoms with Gasteiger partial charge in [-0.05, 0) is 24.6 Å². The van der Waals surface area contributed by atoms with Crippen LogP contribution in [0.15, 0.2) is 24.3 Å². The number of nitrogens with zero attached hydrogens (tertiary/aromatic N) is 3. The fraction of sp³-hybridized carbons (Fsp3) is 0.529. The van der Waals surface area contributed by atoms with Crippen LogP contribution in [0.25, 0.3) is 0 Å². The highest BCUT2D eigenvalue weighted by atomic mass is 16.2. The second-order valence-electron chi connectivity index (χ2n) is 5.96. The van der Waals surface area contributed by atoms with Crippen LogP contribution in [0, 0.1) is 0 Å². The molecule has 1 fully saturated rings. The molecule has 1 aromatic carbocycles. The van der Waals surface area contributed by atoms with Gasteiger partial charge in [-0.25, -0.2) is 4.79 Å². The zero-order chi connectivity index (χ0) is 16.8. The largest absolute Gasteiger partial charge is 0.378 e. The summed E-state index contributed by atoms with van der Waals surface area (Å²) < 4.78 is 0. The zero-order valence-electron chi connectivity index (χ0n) is 14.2. The van der Waals surface area contributed by atoms with Gasteiger partial charge in [-0.15, -0.1) is 0 Å². The molecule has 1 saturated heterocycles. The predicted octanol–water partition coefficient (Wildman–Crippen LogP) is 1.63. The molecule has 1 aliphatic rings. The summed E-state index contributed by atoms with van der Waals surface area (Å²) in [5.41, 5.74) is 1.70. The van der Waals surface area contributed by atoms with Crippen molar-refractivity contribution in [2.45, 2.75) is 13.3 Å². The van der Waals surface area contributed by atoms with Crippen molar-refractivity contribution in [2.75, 3.05) is 51.7 Å². The average molecular weight is 318 g/mol. The van der Waals surface area contributed by atoms with Crippen LogP contribution < -0.4 is 10.2 Å². The Morgan fingerprint density at radius 3 is 2.39 bits per heavy atom. The number of carbonyl (C=O) groups is 2. The minimum Gasteiger partial charge on any atom is -0.378 e. The quantitative estimate of drug-likeness (QED) is 0.918. The average Bonchev–Trinajstić information content (AvgIpc) is 2.59. The molecule has 2 rings (SSSR count). The van der Waals surface area contributed by atoms with E-state index in [1.54, 1.807) is 4.90 Å². The molecule has 0 saturated carbocycles. The minimum atomic E-state index is -0.0337. The Bertz CT molecular complexity index is 551. The predicted molar refractivity (Wildman–Crippen MR) is 91.9 cm³/mol. The van der Waals surface area contributed by atoms with Gasteiger partial charge >= 0.3 is 6.03 Å². The van der Waals surface area contributed by atoms with E-state index in [-0.39, 0.29) is 11.9 Å². The summed E-state index contributed by atoms with van der Waals surface area (Å²) >= 11 is 0. The number of hydrogen-bond acceptors (Lipinski definition) is 3. The number of nitrogens with one attached hydrogen (secondary N) is 1. The van der Waals surface area contributed by atoms with E-state index in [0.29, 0.717) is 38.3 Å². The Kier molecular flexibility index (Phi) is 5.84. The summed E-state index contributed by atoms with van der Waals surface area (Å²) in [4.78, 5) is 30.1. The van der Waals surface area contributed by atoms with Gasteiger partial charge in [-0.1, -0.05) is 13.0 Å². The number of amides is 3. The second kappa shape index (κ2) is 7.85. The van der Waals surface area contributed by atoms with Crippen LogP contribution in [-0.4, -0.2) is 68.6 Å². The molecule has 1 aromatic rings. The van der Waals surface area contributed by atoms with Crippen molar-refractivity contribution in [2.24, 2.45) is 0 Å². The molecule has 6 nitrogen and oxygen atoms in total. The maximum atomic E-state index is 12.6. The van der Waals surface area contributed by atoms with E-state index in [2.05, 4.69) is 5.32 Å². The lowest BCUT2D eigenvalue weighted by molar-refractivity contribution is 0.0665. The van der Waals surface area contributed by atoms with Crippen molar-refractivity contribution in [3.05, 3.63) is 29.8 Å². The normalized spacial score (nSPS) is 14.6. The van der Waals surface area contributed by atoms with Crippen LogP contribution >= 0.6 is 0 Å². The van der Waals surface area contributed by atoms with E-state index >= 15 is 0 Å². The van der Waals surface area contributed by atoms with Crippen molar-refractivity contribution < 1.29 is 9.59 Å². The van der Waals surface area contributed by atoms with Gasteiger partial charge in [-0.3, -0.25) is 4.79 Å². The molecule has 3 amide bonds. The summed E-state index contributed by atoms with van der Waals surface area (Å²) in [6.07, 6.45) is 0.923. The number of anilines is 1. The van der Waals surface area contributed by atoms with Crippen LogP contribution in [0.1, 0.15) is 23.7 Å². The number of carbonyl (C=O) groups excluding carboxylic acids is 2. The molecule has 6 heteroatoms. The van der Waals surface area contributed by atoms with Gasteiger partial charge in [0.1, 0.15) is 0 Å². The third kappa shape index (κ3) is 4.37. The van der Waals surface area contributed by atoms with Gasteiger partial charge in [-0.2, -0.15) is 0 Å². The van der Waals surface area contributed by atoms with Crippen molar-refractivity contribution in [1.82, 2.24) is 15.1 Å². The standard InChI is InChI=1S/C17H26N4O2/c1-4-8-18-17(23)21-11-9-20(10-12-21)16(22)14-6-5-7-15(13-14)19(2)3/h5-7,13H,4,8-12H2,1-3H3,(H,18,23). The van der Waals surface area contributed by atoms with E-state index in [0.717, 1.165) is 12.1 Å². The Labute approximate surface area is 138 Å². The van der Waals surface area contributed by atoms with Crippen LogP contribution in [0.3, 0.4) is 0 Å². The molecule has 0 radical (unpaired) electrons. The Hall–Kier alpha value is -2.24. The summed E-state index contributed by atoms with van der Waals surface area (Å²) in [6, 6.07) is 7.59. The van der Waals surface area contributed by atoms with Crippen LogP contribution in [0.5, 0.6) is 0 Å². The fourth-order valence-electron chi connectivity index (χ4n) is 2.56. The summed E-state index contributed by atoms with van der Waals surface area (Å²) in [5, 5.41) is 2.88. The molecule has 0 aromatic heterocycles. The molecule has 1 N–H and O–H groups in total. The van der Waals surface area contributed by atoms with E-state index in [9.17, 15) is 9.59 Å². The molecular weight excluding hydrogens is 292 g/mol. The minimum absolute atomic E-state index is 0.0299. The first kappa shape index (κ1) is 17.1. The Morgan fingerprint density at radius 2 is 1.78 bits per heavy atom. The van der Waals surface area contributed by atoms with Crippen LogP contribution in [-0.2, 0) is 0 Å². The second-order valence-corrected chi connectivity index (χ2v) is 5.96. The maximum absolute atomic E-state index is 12.6. The number of piperazine rings is 1. The van der Waals surface area contributed by atoms with E-state index < -0.39 is 0 Å². The first-order valence-corrected chi connectivity index (χ1v) is 8.12. The molecule has 0 spiro atoms. The molecule has 1 aliphatic heterocycles. The monoisotopic (exact) mass is 318 g/mol. The first-order valence-electron chi connectivity index (χ1n) is 8.12. The van der Waals surface area contributed by atoms with Crippen molar-refractivity contribution in [3.63, 3.8) is 0 Å². The molecule has 23 heavy (non-hydrogen) atoms. The molecule has 1 heterocycles. The highest BCUT2D eigenvalue weighted by Crippen LogP contribution is 2.16. The smallest absolute Gasteiger partial charge is 0.317 e. The SMILES string of the molecule is CCCNC(=O)N1CCN(C(=O)c2cccc(N(C)C)c2)CC1. The number of benzene rings is 1. The van der Waals surface area contributed by atoms with Gasteiger partial charge < -0.3 is 20.0 Å². The maximum Gasteiger partial charge on any atom is 0.317 e. The van der Waals surface area contributed by atoms with E-state index in [4.69, 9.17) is 0 Å². The molecular formula is C17H26N4O2. The summed E-state index contributed by atoms with van der Waals surface area (Å²) in [7, 11) is 3.91. The Balaban J connectivity index is 1.93. The third-order valence-corrected chi connectivity index (χ3v) is 3.99. The Morgan fingerprint density at radius 1 is 1.13 bits per heavy atom. The lowest BCUT2D eigenvalue weighted by Crippen LogP contribution is -2.53. The fourth-order valence-corrected chi connectivity index (χ4v) is 2.56. The van der Waals surface area contributed by atoms with Gasteiger partial charge in [0.25, 0.3) is 5.91 Å². The van der Waals surface area contributed by atoms with Crippen LogP contribution in [0.4, 0.5) is 10.5 Å². The lowest BCUT2D eigenvalue weighted by atomic mass is 10.1. The summed E-state index contributed by atoms with van der Waals surface area (Å²) in [5.74, 6) is 0.0299. The molecule has 0 unspecified atom stereocenters. The number of hydrogen-bond donors (Lipinski definition) is 1. The molecule has 0 bridgehead atoms. The van der Waals surface area contributed by atoms with Gasteiger partial charge in [0, 0.05) is 58.1 Å². The molecule has 126 valence electrons. The molecule has 0 aliphatic carbocycles. The van der Waals surface area contributed by atoms with Gasteiger partial charge in [0.15, 0.2) is 0 Å². The first-order chi connectivity index (χ1) is 11.0. The number of urea groups is 1. The molecule has 0 atom stereocenters. The van der Waals surface area contributed by atoms with E-state index in [1.165, 1.54) is 0 Å². The van der Waals surface area contributed by atoms with Crippen molar-refractivity contribution >= 4 is 17.6 Å². The van der Waals surface area contributed by atoms with Crippen molar-refractivity contribution in [1.29, 1.82) is 0 Å². The van der Waals surface area contributed by atoms with Gasteiger partial charge in [0.2, 0.25) is 0 Å². The highest BCUT2D eigenvalue weighted by molar-refractivity contribution is 5.95. The van der Waals surface area contributed by atoms with Gasteiger partial charge in [0.05, 0.1) is 0 Å². The summed E-state index contributed by atoms with van der Waals surface area (Å²) in [6.45, 7) is 5.02. The third-order valence-electron chi connectivity index (χ3n) is 3.99. The zero-order valence-corrected chi connectivity index (χ0v) is 14.2. The highest BCUT2D eigenvalue weighted by Gasteiger charge is 2.24. The van der Waals surface area contributed by atoms with E-state index in [1.807, 2.05) is 55.1 Å². The topological polar surface area (TPSA) is 55.9 Å².